The van der Waals surface area contributed by atoms with Gasteiger partial charge in [0.05, 0.1) is 25.2 Å². The number of likely N-dealkylation sites (tertiary alicyclic amines) is 2. The highest BCUT2D eigenvalue weighted by Gasteiger charge is 2.28. The molecule has 2 unspecified atom stereocenters. The lowest BCUT2D eigenvalue weighted by atomic mass is 10.1. The number of aliphatic hydroxyl groups excluding tert-OH is 1. The van der Waals surface area contributed by atoms with E-state index in [-0.39, 0.29) is 11.9 Å². The van der Waals surface area contributed by atoms with Gasteiger partial charge in [-0.05, 0) is 38.8 Å². The third-order valence-corrected chi connectivity index (χ3v) is 4.91. The molecule has 4 heteroatoms. The fraction of sp³-hybridized carbons (Fsp3) is 0.750. The van der Waals surface area contributed by atoms with E-state index >= 15 is 0 Å². The highest BCUT2D eigenvalue weighted by molar-refractivity contribution is 5.79. The first kappa shape index (κ1) is 19.0. The van der Waals surface area contributed by atoms with Crippen LogP contribution in [-0.4, -0.2) is 59.1 Å². The maximum atomic E-state index is 12.0. The molecule has 1 N–H and O–H groups in total. The number of nitrogens with zero attached hydrogens (tertiary/aromatic N) is 2. The Labute approximate surface area is 146 Å². The van der Waals surface area contributed by atoms with Gasteiger partial charge in [-0.25, -0.2) is 0 Å². The zero-order chi connectivity index (χ0) is 17.2. The van der Waals surface area contributed by atoms with Gasteiger partial charge in [0.2, 0.25) is 5.91 Å². The molecule has 24 heavy (non-hydrogen) atoms. The Hall–Kier alpha value is -1.31. The third kappa shape index (κ3) is 6.30. The molecule has 0 aromatic carbocycles. The van der Waals surface area contributed by atoms with Crippen molar-refractivity contribution in [2.45, 2.75) is 70.4 Å². The smallest absolute Gasteiger partial charge is 0.223 e. The summed E-state index contributed by atoms with van der Waals surface area (Å²) in [6.07, 6.45) is 11.6. The molecule has 0 spiro atoms. The summed E-state index contributed by atoms with van der Waals surface area (Å²) in [5, 5.41) is 10.00. The van der Waals surface area contributed by atoms with Crippen molar-refractivity contribution in [2.24, 2.45) is 0 Å². The largest absolute Gasteiger partial charge is 0.389 e. The number of rotatable bonds is 8. The Morgan fingerprint density at radius 2 is 2.00 bits per heavy atom. The van der Waals surface area contributed by atoms with Crippen molar-refractivity contribution in [3.8, 4) is 11.8 Å². The lowest BCUT2D eigenvalue weighted by Gasteiger charge is -2.20. The van der Waals surface area contributed by atoms with Gasteiger partial charge < -0.3 is 10.0 Å². The van der Waals surface area contributed by atoms with Crippen LogP contribution in [0.15, 0.2) is 12.2 Å². The van der Waals surface area contributed by atoms with E-state index in [0.29, 0.717) is 13.0 Å². The Kier molecular flexibility index (Phi) is 8.35. The second-order valence-corrected chi connectivity index (χ2v) is 6.91. The van der Waals surface area contributed by atoms with Gasteiger partial charge in [0.25, 0.3) is 0 Å². The Morgan fingerprint density at radius 1 is 1.25 bits per heavy atom. The molecule has 2 atom stereocenters. The molecule has 1 amide bonds. The molecular formula is C20H32N2O2. The molecule has 134 valence electrons. The monoisotopic (exact) mass is 332 g/mol. The summed E-state index contributed by atoms with van der Waals surface area (Å²) in [7, 11) is 0. The SMILES string of the molecule is CCCCCC(O)/C=C/C1CCC(=O)N1CC#CCN1CCCC1. The Morgan fingerprint density at radius 3 is 2.75 bits per heavy atom. The van der Waals surface area contributed by atoms with Crippen molar-refractivity contribution in [2.75, 3.05) is 26.2 Å². The summed E-state index contributed by atoms with van der Waals surface area (Å²) >= 11 is 0. The number of unbranched alkanes of at least 4 members (excludes halogenated alkanes) is 2. The third-order valence-electron chi connectivity index (χ3n) is 4.91. The van der Waals surface area contributed by atoms with Crippen LogP contribution in [-0.2, 0) is 4.79 Å². The molecule has 2 saturated heterocycles. The van der Waals surface area contributed by atoms with Gasteiger partial charge in [-0.3, -0.25) is 9.69 Å². The summed E-state index contributed by atoms with van der Waals surface area (Å²) in [5.41, 5.74) is 0. The number of carbonyl (C=O) groups excluding carboxylic acids is 1. The van der Waals surface area contributed by atoms with Gasteiger partial charge in [0.15, 0.2) is 0 Å². The fourth-order valence-corrected chi connectivity index (χ4v) is 3.37. The molecule has 4 nitrogen and oxygen atoms in total. The molecule has 0 radical (unpaired) electrons. The van der Waals surface area contributed by atoms with E-state index in [0.717, 1.165) is 51.7 Å². The first-order valence-corrected chi connectivity index (χ1v) is 9.54. The van der Waals surface area contributed by atoms with E-state index in [2.05, 4.69) is 23.7 Å². The van der Waals surface area contributed by atoms with E-state index < -0.39 is 6.10 Å². The lowest BCUT2D eigenvalue weighted by molar-refractivity contribution is -0.127. The fourth-order valence-electron chi connectivity index (χ4n) is 3.37. The first-order valence-electron chi connectivity index (χ1n) is 9.54. The van der Waals surface area contributed by atoms with E-state index in [1.54, 1.807) is 0 Å². The van der Waals surface area contributed by atoms with Gasteiger partial charge in [-0.1, -0.05) is 50.2 Å². The van der Waals surface area contributed by atoms with Gasteiger partial charge in [-0.2, -0.15) is 0 Å². The van der Waals surface area contributed by atoms with E-state index in [4.69, 9.17) is 0 Å². The highest BCUT2D eigenvalue weighted by Crippen LogP contribution is 2.19. The standard InChI is InChI=1S/C20H32N2O2/c1-2-3-4-9-19(23)12-10-18-11-13-20(24)22(18)17-8-7-16-21-14-5-6-15-21/h10,12,18-19,23H,2-6,9,11,13-17H2,1H3/b12-10+. The molecule has 0 aromatic rings. The van der Waals surface area contributed by atoms with Crippen LogP contribution in [0.5, 0.6) is 0 Å². The first-order chi connectivity index (χ1) is 11.7. The summed E-state index contributed by atoms with van der Waals surface area (Å²) in [5.74, 6) is 6.55. The van der Waals surface area contributed by atoms with Crippen LogP contribution in [0.25, 0.3) is 0 Å². The molecule has 0 bridgehead atoms. The average Bonchev–Trinajstić information content (AvgIpc) is 3.20. The number of hydrogen-bond donors (Lipinski definition) is 1. The minimum Gasteiger partial charge on any atom is -0.389 e. The Bertz CT molecular complexity index is 472. The molecule has 2 fully saturated rings. The van der Waals surface area contributed by atoms with Crippen molar-refractivity contribution >= 4 is 5.91 Å². The van der Waals surface area contributed by atoms with Crippen LogP contribution in [0.3, 0.4) is 0 Å². The summed E-state index contributed by atoms with van der Waals surface area (Å²) in [6, 6.07) is 0.0967. The van der Waals surface area contributed by atoms with Gasteiger partial charge in [0, 0.05) is 6.42 Å². The summed E-state index contributed by atoms with van der Waals surface area (Å²) < 4.78 is 0. The maximum absolute atomic E-state index is 12.0. The van der Waals surface area contributed by atoms with Crippen LogP contribution in [0.1, 0.15) is 58.3 Å². The number of hydrogen-bond acceptors (Lipinski definition) is 3. The molecule has 0 aromatic heterocycles. The van der Waals surface area contributed by atoms with Gasteiger partial charge >= 0.3 is 0 Å². The normalized spacial score (nSPS) is 23.0. The molecular weight excluding hydrogens is 300 g/mol. The molecule has 0 saturated carbocycles. The minimum absolute atomic E-state index is 0.0967. The number of aliphatic hydroxyl groups is 1. The van der Waals surface area contributed by atoms with Crippen LogP contribution in [0.4, 0.5) is 0 Å². The predicted octanol–water partition coefficient (Wildman–Crippen LogP) is 2.57. The molecule has 2 aliphatic rings. The summed E-state index contributed by atoms with van der Waals surface area (Å²) in [6.45, 7) is 5.79. The van der Waals surface area contributed by atoms with Gasteiger partial charge in [-0.15, -0.1) is 0 Å². The number of amides is 1. The van der Waals surface area contributed by atoms with Gasteiger partial charge in [0.1, 0.15) is 0 Å². The van der Waals surface area contributed by atoms with Crippen LogP contribution < -0.4 is 0 Å². The minimum atomic E-state index is -0.393. The lowest BCUT2D eigenvalue weighted by Crippen LogP contribution is -2.32. The van der Waals surface area contributed by atoms with Crippen molar-refractivity contribution in [1.29, 1.82) is 0 Å². The van der Waals surface area contributed by atoms with Crippen molar-refractivity contribution in [1.82, 2.24) is 9.80 Å². The van der Waals surface area contributed by atoms with Crippen LogP contribution in [0.2, 0.25) is 0 Å². The second kappa shape index (κ2) is 10.5. The highest BCUT2D eigenvalue weighted by atomic mass is 16.3. The predicted molar refractivity (Wildman–Crippen MR) is 97.5 cm³/mol. The zero-order valence-corrected chi connectivity index (χ0v) is 15.0. The van der Waals surface area contributed by atoms with E-state index in [1.807, 2.05) is 17.1 Å². The van der Waals surface area contributed by atoms with Crippen molar-refractivity contribution in [3.05, 3.63) is 12.2 Å². The quantitative estimate of drug-likeness (QED) is 0.422. The van der Waals surface area contributed by atoms with E-state index in [1.165, 1.54) is 12.8 Å². The Balaban J connectivity index is 1.76. The van der Waals surface area contributed by atoms with Crippen molar-refractivity contribution in [3.63, 3.8) is 0 Å². The molecule has 2 heterocycles. The van der Waals surface area contributed by atoms with Crippen LogP contribution in [0, 0.1) is 11.8 Å². The maximum Gasteiger partial charge on any atom is 0.223 e. The molecule has 2 rings (SSSR count). The topological polar surface area (TPSA) is 43.8 Å². The molecule has 2 aliphatic heterocycles. The van der Waals surface area contributed by atoms with Crippen LogP contribution >= 0.6 is 0 Å². The molecule has 0 aliphatic carbocycles. The zero-order valence-electron chi connectivity index (χ0n) is 15.0. The average molecular weight is 332 g/mol. The number of carbonyl (C=O) groups is 1. The summed E-state index contributed by atoms with van der Waals surface area (Å²) in [4.78, 5) is 16.3. The second-order valence-electron chi connectivity index (χ2n) is 6.91. The van der Waals surface area contributed by atoms with E-state index in [9.17, 15) is 9.90 Å². The van der Waals surface area contributed by atoms with Crippen molar-refractivity contribution < 1.29 is 9.90 Å².